The Bertz CT molecular complexity index is 286. The van der Waals surface area contributed by atoms with E-state index < -0.39 is 20.8 Å². The van der Waals surface area contributed by atoms with Crippen molar-refractivity contribution in [2.75, 3.05) is 0 Å². The van der Waals surface area contributed by atoms with E-state index in [2.05, 4.69) is 22.4 Å². The molecule has 1 rings (SSSR count). The SMILES string of the molecule is O=S1(=O)OOOOS(=O)(=O)O1.[K]. The molecule has 9 nitrogen and oxygen atoms in total. The van der Waals surface area contributed by atoms with Crippen molar-refractivity contribution < 1.29 is 39.2 Å². The minimum Gasteiger partial charge on any atom is -0.165 e. The molecule has 1 radical (unpaired) electrons. The van der Waals surface area contributed by atoms with Gasteiger partial charge in [-0.05, 0) is 18.7 Å². The van der Waals surface area contributed by atoms with Crippen LogP contribution in [0.2, 0.25) is 0 Å². The van der Waals surface area contributed by atoms with Gasteiger partial charge in [0, 0.05) is 51.4 Å². The van der Waals surface area contributed by atoms with Gasteiger partial charge in [0.15, 0.2) is 0 Å². The van der Waals surface area contributed by atoms with E-state index >= 15 is 0 Å². The molecule has 0 saturated carbocycles. The molecule has 0 aromatic heterocycles. The maximum atomic E-state index is 10.2. The van der Waals surface area contributed by atoms with Crippen molar-refractivity contribution in [2.45, 2.75) is 0 Å². The van der Waals surface area contributed by atoms with Gasteiger partial charge in [0.1, 0.15) is 0 Å². The molecule has 1 heterocycles. The largest absolute Gasteiger partial charge is 0.445 e. The second-order valence-corrected chi connectivity index (χ2v) is 3.61. The average molecular weight is 247 g/mol. The smallest absolute Gasteiger partial charge is 0.165 e. The molecule has 12 heteroatoms. The van der Waals surface area contributed by atoms with Crippen LogP contribution in [0.3, 0.4) is 0 Å². The zero-order valence-electron chi connectivity index (χ0n) is 5.49. The molecule has 1 fully saturated rings. The fraction of sp³-hybridized carbons (Fsp3) is 0. The quantitative estimate of drug-likeness (QED) is 0.352. The molecule has 0 aromatic rings. The summed E-state index contributed by atoms with van der Waals surface area (Å²) >= 11 is 0. The Hall–Kier alpha value is 1.34. The van der Waals surface area contributed by atoms with Crippen LogP contribution in [0.4, 0.5) is 0 Å². The van der Waals surface area contributed by atoms with Crippen LogP contribution in [0, 0.1) is 0 Å². The monoisotopic (exact) mass is 247 g/mol. The van der Waals surface area contributed by atoms with E-state index in [4.69, 9.17) is 0 Å². The van der Waals surface area contributed by atoms with Crippen LogP contribution >= 0.6 is 0 Å². The first-order valence-corrected chi connectivity index (χ1v) is 4.50. The predicted octanol–water partition coefficient (Wildman–Crippen LogP) is -2.06. The number of rotatable bonds is 0. The molecule has 0 N–H and O–H groups in total. The molecule has 0 atom stereocenters. The normalized spacial score (nSPS) is 26.7. The molecular formula is KO9S2. The molecule has 67 valence electrons. The number of hydrogen-bond donors (Lipinski definition) is 0. The third-order valence-electron chi connectivity index (χ3n) is 0.417. The van der Waals surface area contributed by atoms with Crippen LogP contribution in [0.25, 0.3) is 0 Å². The Labute approximate surface area is 110 Å². The zero-order valence-corrected chi connectivity index (χ0v) is 10.2. The molecule has 1 saturated heterocycles. The van der Waals surface area contributed by atoms with Crippen molar-refractivity contribution in [3.8, 4) is 0 Å². The van der Waals surface area contributed by atoms with E-state index in [1.165, 1.54) is 0 Å². The van der Waals surface area contributed by atoms with Crippen molar-refractivity contribution in [2.24, 2.45) is 0 Å². The minimum absolute atomic E-state index is 0. The van der Waals surface area contributed by atoms with Crippen molar-refractivity contribution in [3.05, 3.63) is 0 Å². The van der Waals surface area contributed by atoms with Crippen molar-refractivity contribution in [3.63, 3.8) is 0 Å². The van der Waals surface area contributed by atoms with Gasteiger partial charge in [-0.2, -0.15) is 16.8 Å². The molecule has 0 aliphatic carbocycles. The van der Waals surface area contributed by atoms with Gasteiger partial charge < -0.3 is 0 Å². The van der Waals surface area contributed by atoms with Crippen molar-refractivity contribution in [1.29, 1.82) is 0 Å². The van der Waals surface area contributed by atoms with Gasteiger partial charge in [-0.25, -0.2) is 0 Å². The predicted molar refractivity (Wildman–Crippen MR) is 29.0 cm³/mol. The molecule has 0 unspecified atom stereocenters. The van der Waals surface area contributed by atoms with Crippen LogP contribution in [0.15, 0.2) is 0 Å². The van der Waals surface area contributed by atoms with Gasteiger partial charge in [-0.3, -0.25) is 0 Å². The molecule has 0 bridgehead atoms. The maximum absolute atomic E-state index is 10.2. The van der Waals surface area contributed by atoms with Gasteiger partial charge in [0.25, 0.3) is 0 Å². The summed E-state index contributed by atoms with van der Waals surface area (Å²) in [6.07, 6.45) is 0. The van der Waals surface area contributed by atoms with E-state index in [9.17, 15) is 16.8 Å². The van der Waals surface area contributed by atoms with E-state index in [1.807, 2.05) is 0 Å². The second kappa shape index (κ2) is 4.72. The first-order chi connectivity index (χ1) is 4.91. The summed E-state index contributed by atoms with van der Waals surface area (Å²) in [4.78, 5) is 0. The topological polar surface area (TPSA) is 114 Å². The average Bonchev–Trinajstić information content (AvgIpc) is 1.86. The fourth-order valence-electron chi connectivity index (χ4n) is 0.215. The standard InChI is InChI=1S/K.O9S2/c;1-10(2)7-5-6-8-11(3,4)9-10. The Morgan fingerprint density at radius 3 is 1.42 bits per heavy atom. The first kappa shape index (κ1) is 13.3. The van der Waals surface area contributed by atoms with Gasteiger partial charge in [0.2, 0.25) is 0 Å². The van der Waals surface area contributed by atoms with Crippen LogP contribution in [-0.2, 0) is 43.2 Å². The third-order valence-corrected chi connectivity index (χ3v) is 2.19. The molecule has 1 aliphatic heterocycles. The van der Waals surface area contributed by atoms with Crippen molar-refractivity contribution >= 4 is 72.2 Å². The summed E-state index contributed by atoms with van der Waals surface area (Å²) in [6, 6.07) is 0. The summed E-state index contributed by atoms with van der Waals surface area (Å²) in [5.41, 5.74) is 0. The second-order valence-electron chi connectivity index (χ2n) is 1.16. The molecule has 0 aromatic carbocycles. The van der Waals surface area contributed by atoms with Crippen LogP contribution in [-0.4, -0.2) is 68.2 Å². The van der Waals surface area contributed by atoms with E-state index in [0.717, 1.165) is 0 Å². The van der Waals surface area contributed by atoms with Gasteiger partial charge in [0.05, 0.1) is 0 Å². The Balaban J connectivity index is 0.00000121. The summed E-state index contributed by atoms with van der Waals surface area (Å²) < 4.78 is 50.4. The first-order valence-electron chi connectivity index (χ1n) is 1.83. The maximum Gasteiger partial charge on any atom is 0.445 e. The van der Waals surface area contributed by atoms with E-state index in [1.54, 1.807) is 0 Å². The minimum atomic E-state index is -4.79. The van der Waals surface area contributed by atoms with E-state index in [-0.39, 0.29) is 51.4 Å². The van der Waals surface area contributed by atoms with E-state index in [0.29, 0.717) is 0 Å². The molecular weight excluding hydrogens is 247 g/mol. The number of hydrogen-bond acceptors (Lipinski definition) is 9. The third kappa shape index (κ3) is 4.54. The summed E-state index contributed by atoms with van der Waals surface area (Å²) in [5.74, 6) is 0. The molecule has 12 heavy (non-hydrogen) atoms. The van der Waals surface area contributed by atoms with Crippen LogP contribution < -0.4 is 0 Å². The summed E-state index contributed by atoms with van der Waals surface area (Å²) in [5, 5.41) is 6.46. The molecule has 0 spiro atoms. The fourth-order valence-corrected chi connectivity index (χ4v) is 1.39. The molecule has 0 amide bonds. The van der Waals surface area contributed by atoms with Crippen LogP contribution in [0.5, 0.6) is 0 Å². The van der Waals surface area contributed by atoms with Gasteiger partial charge >= 0.3 is 20.8 Å². The summed E-state index contributed by atoms with van der Waals surface area (Å²) in [6.45, 7) is 0. The summed E-state index contributed by atoms with van der Waals surface area (Å²) in [7, 11) is -9.57. The van der Waals surface area contributed by atoms with Crippen molar-refractivity contribution in [1.82, 2.24) is 0 Å². The van der Waals surface area contributed by atoms with Gasteiger partial charge in [-0.1, -0.05) is 3.63 Å². The zero-order chi connectivity index (χ0) is 8.54. The van der Waals surface area contributed by atoms with Crippen LogP contribution in [0.1, 0.15) is 0 Å². The Kier molecular flexibility index (Phi) is 5.24. The van der Waals surface area contributed by atoms with Gasteiger partial charge in [-0.15, -0.1) is 0 Å². The Morgan fingerprint density at radius 2 is 1.08 bits per heavy atom. The molecule has 1 aliphatic rings. The Morgan fingerprint density at radius 1 is 0.750 bits per heavy atom.